The largest absolute Gasteiger partial charge is 0.426 e. The monoisotopic (exact) mass is 422 g/mol. The van der Waals surface area contributed by atoms with Gasteiger partial charge in [0.25, 0.3) is 0 Å². The maximum Gasteiger partial charge on any atom is 0.315 e. The average Bonchev–Trinajstić information content (AvgIpc) is 3.29. The molecule has 2 aromatic heterocycles. The molecule has 0 atom stereocenters. The molecule has 1 aliphatic heterocycles. The Labute approximate surface area is 170 Å². The molecule has 8 heteroatoms. The first kappa shape index (κ1) is 18.0. The molecule has 0 aliphatic carbocycles. The molecule has 2 aromatic carbocycles. The highest BCUT2D eigenvalue weighted by molar-refractivity contribution is 7.90. The number of carbonyl (C=O) groups is 1. The number of benzene rings is 2. The first-order chi connectivity index (χ1) is 14.0. The Morgan fingerprint density at radius 2 is 2.00 bits per heavy atom. The summed E-state index contributed by atoms with van der Waals surface area (Å²) in [5.74, 6) is -0.193. The van der Waals surface area contributed by atoms with Gasteiger partial charge in [-0.15, -0.1) is 11.3 Å². The number of thiazole rings is 1. The van der Waals surface area contributed by atoms with E-state index in [1.165, 1.54) is 23.5 Å². The predicted molar refractivity (Wildman–Crippen MR) is 110 cm³/mol. The predicted octanol–water partition coefficient (Wildman–Crippen LogP) is 3.79. The van der Waals surface area contributed by atoms with Crippen LogP contribution in [0.15, 0.2) is 65.8 Å². The second kappa shape index (κ2) is 6.75. The molecule has 29 heavy (non-hydrogen) atoms. The van der Waals surface area contributed by atoms with Crippen molar-refractivity contribution in [2.24, 2.45) is 0 Å². The number of nitrogens with zero attached hydrogens (tertiary/aromatic N) is 2. The van der Waals surface area contributed by atoms with E-state index >= 15 is 0 Å². The fraction of sp³-hybridized carbons (Fsp3) is 0.0952. The van der Waals surface area contributed by atoms with Gasteiger partial charge in [-0.1, -0.05) is 24.3 Å². The Morgan fingerprint density at radius 1 is 1.10 bits per heavy atom. The van der Waals surface area contributed by atoms with Crippen LogP contribution in [0.3, 0.4) is 0 Å². The van der Waals surface area contributed by atoms with E-state index in [0.717, 1.165) is 20.8 Å². The second-order valence-electron chi connectivity index (χ2n) is 6.74. The number of esters is 1. The number of sulfone groups is 1. The van der Waals surface area contributed by atoms with Crippen LogP contribution in [-0.2, 0) is 26.8 Å². The van der Waals surface area contributed by atoms with E-state index < -0.39 is 9.84 Å². The van der Waals surface area contributed by atoms with Crippen molar-refractivity contribution in [3.63, 3.8) is 0 Å². The fourth-order valence-corrected chi connectivity index (χ4v) is 5.56. The van der Waals surface area contributed by atoms with Gasteiger partial charge in [0.1, 0.15) is 10.8 Å². The number of hydrogen-bond donors (Lipinski definition) is 0. The molecule has 1 aliphatic rings. The number of ether oxygens (including phenoxy) is 1. The molecule has 4 aromatic rings. The quantitative estimate of drug-likeness (QED) is 0.367. The van der Waals surface area contributed by atoms with E-state index in [4.69, 9.17) is 4.74 Å². The van der Waals surface area contributed by atoms with Crippen molar-refractivity contribution in [3.8, 4) is 16.3 Å². The highest BCUT2D eigenvalue weighted by Crippen LogP contribution is 2.32. The van der Waals surface area contributed by atoms with Crippen LogP contribution < -0.4 is 4.74 Å². The zero-order chi connectivity index (χ0) is 20.0. The van der Waals surface area contributed by atoms with Gasteiger partial charge in [0, 0.05) is 23.5 Å². The Bertz CT molecular complexity index is 1340. The maximum atomic E-state index is 12.9. The van der Waals surface area contributed by atoms with Crippen molar-refractivity contribution >= 4 is 37.4 Å². The Kier molecular flexibility index (Phi) is 4.18. The number of aromatic nitrogens is 2. The molecule has 6 nitrogen and oxygen atoms in total. The van der Waals surface area contributed by atoms with Gasteiger partial charge in [0.2, 0.25) is 0 Å². The summed E-state index contributed by atoms with van der Waals surface area (Å²) in [6.07, 6.45) is 3.64. The highest BCUT2D eigenvalue weighted by atomic mass is 32.2. The van der Waals surface area contributed by atoms with Crippen molar-refractivity contribution in [2.45, 2.75) is 17.1 Å². The van der Waals surface area contributed by atoms with Crippen LogP contribution in [0.5, 0.6) is 5.75 Å². The first-order valence-electron chi connectivity index (χ1n) is 8.84. The van der Waals surface area contributed by atoms with Crippen molar-refractivity contribution < 1.29 is 17.9 Å². The van der Waals surface area contributed by atoms with Crippen molar-refractivity contribution in [1.29, 1.82) is 0 Å². The minimum atomic E-state index is -3.59. The zero-order valence-electron chi connectivity index (χ0n) is 15.0. The summed E-state index contributed by atoms with van der Waals surface area (Å²) in [7, 11) is -3.59. The minimum Gasteiger partial charge on any atom is -0.426 e. The number of fused-ring (bicyclic) bond motifs is 2. The van der Waals surface area contributed by atoms with Gasteiger partial charge in [0.15, 0.2) is 9.84 Å². The summed E-state index contributed by atoms with van der Waals surface area (Å²) in [4.78, 5) is 20.3. The van der Waals surface area contributed by atoms with Gasteiger partial charge in [-0.3, -0.25) is 9.78 Å². The smallest absolute Gasteiger partial charge is 0.315 e. The molecule has 3 heterocycles. The third kappa shape index (κ3) is 3.41. The van der Waals surface area contributed by atoms with Gasteiger partial charge >= 0.3 is 5.97 Å². The molecule has 0 fully saturated rings. The molecule has 0 spiro atoms. The molecular formula is C21H14N2O4S2. The maximum absolute atomic E-state index is 12.9. The summed E-state index contributed by atoms with van der Waals surface area (Å²) < 4.78 is 31.9. The van der Waals surface area contributed by atoms with Gasteiger partial charge in [-0.2, -0.15) is 0 Å². The lowest BCUT2D eigenvalue weighted by atomic mass is 10.1. The van der Waals surface area contributed by atoms with Gasteiger partial charge in [-0.25, -0.2) is 13.4 Å². The number of rotatable bonds is 4. The van der Waals surface area contributed by atoms with Gasteiger partial charge in [0.05, 0.1) is 27.3 Å². The molecule has 0 amide bonds. The molecule has 0 saturated carbocycles. The van der Waals surface area contributed by atoms with Crippen LogP contribution in [0.4, 0.5) is 0 Å². The molecule has 0 N–H and O–H groups in total. The Hall–Kier alpha value is -3.10. The molecule has 0 saturated heterocycles. The normalized spacial score (nSPS) is 13.4. The van der Waals surface area contributed by atoms with Crippen molar-refractivity contribution in [3.05, 3.63) is 72.1 Å². The average molecular weight is 422 g/mol. The van der Waals surface area contributed by atoms with Gasteiger partial charge in [-0.05, 0) is 29.8 Å². The minimum absolute atomic E-state index is 0.141. The van der Waals surface area contributed by atoms with Crippen LogP contribution in [-0.4, -0.2) is 24.4 Å². The number of carbonyl (C=O) groups excluding carboxylic acids is 1. The lowest BCUT2D eigenvalue weighted by Crippen LogP contribution is -2.05. The Balaban J connectivity index is 1.45. The molecule has 0 radical (unpaired) electrons. The molecule has 5 rings (SSSR count). The lowest BCUT2D eigenvalue weighted by Gasteiger charge is -2.07. The molecular weight excluding hydrogens is 408 g/mol. The molecule has 144 valence electrons. The summed E-state index contributed by atoms with van der Waals surface area (Å²) in [5.41, 5.74) is 3.10. The van der Waals surface area contributed by atoms with Crippen LogP contribution in [0.1, 0.15) is 11.1 Å². The van der Waals surface area contributed by atoms with E-state index in [0.29, 0.717) is 16.9 Å². The summed E-state index contributed by atoms with van der Waals surface area (Å²) in [6.45, 7) is 0. The SMILES string of the molecule is O=C1Cc2ccc(S(=O)(=O)Cc3cccc(-c4nc5ccncc5s4)c3)cc2O1. The third-order valence-corrected chi connectivity index (χ3v) is 7.42. The fourth-order valence-electron chi connectivity index (χ4n) is 3.28. The standard InChI is InChI=1S/C21H14N2O4S2/c24-20-9-14-4-5-16(10-18(14)27-20)29(25,26)12-13-2-1-3-15(8-13)21-23-17-6-7-22-11-19(17)28-21/h1-8,10-11H,9,12H2. The number of hydrogen-bond acceptors (Lipinski definition) is 7. The topological polar surface area (TPSA) is 86.2 Å². The molecule has 0 bridgehead atoms. The first-order valence-corrected chi connectivity index (χ1v) is 11.3. The molecule has 0 unspecified atom stereocenters. The van der Waals surface area contributed by atoms with E-state index in [2.05, 4.69) is 9.97 Å². The van der Waals surface area contributed by atoms with E-state index in [9.17, 15) is 13.2 Å². The van der Waals surface area contributed by atoms with Gasteiger partial charge < -0.3 is 4.74 Å². The van der Waals surface area contributed by atoms with Crippen LogP contribution in [0, 0.1) is 0 Å². The Morgan fingerprint density at radius 3 is 2.86 bits per heavy atom. The summed E-state index contributed by atoms with van der Waals surface area (Å²) >= 11 is 1.52. The zero-order valence-corrected chi connectivity index (χ0v) is 16.7. The van der Waals surface area contributed by atoms with E-state index in [-0.39, 0.29) is 23.0 Å². The van der Waals surface area contributed by atoms with E-state index in [1.807, 2.05) is 24.3 Å². The lowest BCUT2D eigenvalue weighted by molar-refractivity contribution is -0.131. The van der Waals surface area contributed by atoms with Crippen LogP contribution in [0.2, 0.25) is 0 Å². The van der Waals surface area contributed by atoms with Crippen molar-refractivity contribution in [2.75, 3.05) is 0 Å². The number of pyridine rings is 1. The highest BCUT2D eigenvalue weighted by Gasteiger charge is 2.24. The summed E-state index contributed by atoms with van der Waals surface area (Å²) in [5, 5.41) is 0.816. The van der Waals surface area contributed by atoms with Crippen molar-refractivity contribution in [1.82, 2.24) is 9.97 Å². The van der Waals surface area contributed by atoms with E-state index in [1.54, 1.807) is 24.5 Å². The summed E-state index contributed by atoms with van der Waals surface area (Å²) in [6, 6.07) is 13.8. The van der Waals surface area contributed by atoms with Crippen LogP contribution >= 0.6 is 11.3 Å². The van der Waals surface area contributed by atoms with Crippen LogP contribution in [0.25, 0.3) is 20.8 Å². The third-order valence-electron chi connectivity index (χ3n) is 4.68. The second-order valence-corrected chi connectivity index (χ2v) is 9.76.